The number of nitriles is 1. The number of piperazine rings is 1. The van der Waals surface area contributed by atoms with E-state index in [9.17, 15) is 19.6 Å². The van der Waals surface area contributed by atoms with Crippen LogP contribution < -0.4 is 21.3 Å². The van der Waals surface area contributed by atoms with Gasteiger partial charge in [-0.3, -0.25) is 9.69 Å². The smallest absolute Gasteiger partial charge is 0.355 e. The molecule has 202 valence electrons. The molecule has 0 radical (unpaired) electrons. The van der Waals surface area contributed by atoms with Gasteiger partial charge in [0.1, 0.15) is 11.5 Å². The van der Waals surface area contributed by atoms with Crippen LogP contribution in [-0.2, 0) is 19.1 Å². The van der Waals surface area contributed by atoms with Gasteiger partial charge in [-0.2, -0.15) is 5.26 Å². The second-order valence-corrected chi connectivity index (χ2v) is 9.19. The van der Waals surface area contributed by atoms with Gasteiger partial charge < -0.3 is 30.7 Å². The minimum Gasteiger partial charge on any atom is -0.466 e. The van der Waals surface area contributed by atoms with Crippen molar-refractivity contribution in [3.05, 3.63) is 82.3 Å². The quantitative estimate of drug-likeness (QED) is 0.524. The second kappa shape index (κ2) is 11.3. The molecule has 4 N–H and O–H groups in total. The van der Waals surface area contributed by atoms with E-state index >= 15 is 0 Å². The monoisotopic (exact) mass is 530 g/mol. The summed E-state index contributed by atoms with van der Waals surface area (Å²) in [5.74, 6) is -3.48. The van der Waals surface area contributed by atoms with Gasteiger partial charge in [-0.1, -0.05) is 30.3 Å². The lowest BCUT2D eigenvalue weighted by Crippen LogP contribution is -2.46. The number of esters is 2. The first-order chi connectivity index (χ1) is 18.7. The molecule has 11 nitrogen and oxygen atoms in total. The van der Waals surface area contributed by atoms with Crippen molar-refractivity contribution in [2.45, 2.75) is 5.92 Å². The topological polar surface area (TPSA) is 155 Å². The summed E-state index contributed by atoms with van der Waals surface area (Å²) in [6, 6.07) is 15.7. The van der Waals surface area contributed by atoms with E-state index in [1.807, 2.05) is 7.05 Å². The molecule has 2 aromatic rings. The lowest BCUT2D eigenvalue weighted by atomic mass is 9.80. The van der Waals surface area contributed by atoms with Crippen LogP contribution in [0.4, 0.5) is 11.4 Å². The van der Waals surface area contributed by atoms with Crippen molar-refractivity contribution in [2.75, 3.05) is 57.2 Å². The predicted octanol–water partition coefficient (Wildman–Crippen LogP) is 1.44. The van der Waals surface area contributed by atoms with Crippen LogP contribution in [0, 0.1) is 11.3 Å². The zero-order valence-electron chi connectivity index (χ0n) is 22.0. The average molecular weight is 531 g/mol. The first-order valence-corrected chi connectivity index (χ1v) is 12.3. The Bertz CT molecular complexity index is 1400. The van der Waals surface area contributed by atoms with E-state index < -0.39 is 23.8 Å². The van der Waals surface area contributed by atoms with Crippen molar-refractivity contribution >= 4 is 29.2 Å². The summed E-state index contributed by atoms with van der Waals surface area (Å²) in [4.78, 5) is 44.6. The zero-order valence-corrected chi connectivity index (χ0v) is 22.0. The second-order valence-electron chi connectivity index (χ2n) is 9.19. The molecule has 0 saturated carbocycles. The van der Waals surface area contributed by atoms with Crippen molar-refractivity contribution in [1.29, 1.82) is 5.26 Å². The largest absolute Gasteiger partial charge is 0.466 e. The van der Waals surface area contributed by atoms with Crippen LogP contribution in [0.2, 0.25) is 0 Å². The highest BCUT2D eigenvalue weighted by Gasteiger charge is 2.44. The number of methoxy groups -OCH3 is 2. The van der Waals surface area contributed by atoms with E-state index in [-0.39, 0.29) is 28.2 Å². The zero-order chi connectivity index (χ0) is 28.3. The Kier molecular flexibility index (Phi) is 7.88. The first-order valence-electron chi connectivity index (χ1n) is 12.3. The van der Waals surface area contributed by atoms with E-state index in [2.05, 4.69) is 15.9 Å². The van der Waals surface area contributed by atoms with Gasteiger partial charge in [-0.25, -0.2) is 9.59 Å². The van der Waals surface area contributed by atoms with Gasteiger partial charge >= 0.3 is 11.9 Å². The van der Waals surface area contributed by atoms with Crippen LogP contribution in [0.25, 0.3) is 0 Å². The molecule has 0 aromatic heterocycles. The maximum Gasteiger partial charge on any atom is 0.355 e. The summed E-state index contributed by atoms with van der Waals surface area (Å²) in [6.07, 6.45) is 0. The fraction of sp³-hybridized carbons (Fsp3) is 0.286. The Morgan fingerprint density at radius 3 is 2.15 bits per heavy atom. The maximum absolute atomic E-state index is 13.4. The van der Waals surface area contributed by atoms with Crippen LogP contribution >= 0.6 is 0 Å². The molecule has 0 bridgehead atoms. The molecule has 2 aliphatic heterocycles. The standard InChI is InChI=1S/C28H30N6O5/c1-32-11-13-33(14-12-32)20-10-9-18(26(31)35)15-21(20)34-24(28(37)39-3)23(27(36)38-2)22(19(16-29)25(34)30)17-7-5-4-6-8-17/h4-10,15,22H,11-14,30H2,1-3H3,(H2,31,35). The Morgan fingerprint density at radius 1 is 0.949 bits per heavy atom. The molecule has 1 unspecified atom stereocenters. The normalized spacial score (nSPS) is 18.1. The summed E-state index contributed by atoms with van der Waals surface area (Å²) >= 11 is 0. The van der Waals surface area contributed by atoms with Crippen LogP contribution in [0.1, 0.15) is 21.8 Å². The molecular formula is C28H30N6O5. The number of anilines is 2. The number of nitrogens with two attached hydrogens (primary N) is 2. The third-order valence-electron chi connectivity index (χ3n) is 6.96. The number of carbonyl (C=O) groups is 3. The fourth-order valence-electron chi connectivity index (χ4n) is 4.93. The SMILES string of the molecule is COC(=O)C1=C(C(=O)OC)N(c2cc(C(N)=O)ccc2N2CCN(C)CC2)C(N)=C(C#N)C1c1ccccc1. The molecule has 4 rings (SSSR count). The molecule has 2 aromatic carbocycles. The highest BCUT2D eigenvalue weighted by Crippen LogP contribution is 2.45. The summed E-state index contributed by atoms with van der Waals surface area (Å²) in [5, 5.41) is 10.3. The third kappa shape index (κ3) is 5.02. The number of amides is 1. The highest BCUT2D eigenvalue weighted by molar-refractivity contribution is 6.07. The number of primary amides is 1. The molecule has 11 heteroatoms. The average Bonchev–Trinajstić information content (AvgIpc) is 2.96. The van der Waals surface area contributed by atoms with Gasteiger partial charge in [0.2, 0.25) is 5.91 Å². The van der Waals surface area contributed by atoms with Crippen LogP contribution in [0.5, 0.6) is 0 Å². The number of benzene rings is 2. The summed E-state index contributed by atoms with van der Waals surface area (Å²) < 4.78 is 10.2. The molecular weight excluding hydrogens is 500 g/mol. The van der Waals surface area contributed by atoms with E-state index in [0.717, 1.165) is 13.1 Å². The van der Waals surface area contributed by atoms with Crippen LogP contribution in [-0.4, -0.2) is 70.2 Å². The summed E-state index contributed by atoms with van der Waals surface area (Å²) in [6.45, 7) is 2.84. The number of nitrogens with zero attached hydrogens (tertiary/aromatic N) is 4. The van der Waals surface area contributed by atoms with Crippen molar-refractivity contribution in [2.24, 2.45) is 11.5 Å². The summed E-state index contributed by atoms with van der Waals surface area (Å²) in [7, 11) is 4.39. The maximum atomic E-state index is 13.4. The molecule has 39 heavy (non-hydrogen) atoms. The van der Waals surface area contributed by atoms with Gasteiger partial charge in [0.25, 0.3) is 0 Å². The lowest BCUT2D eigenvalue weighted by molar-refractivity contribution is -0.139. The van der Waals surface area contributed by atoms with E-state index in [0.29, 0.717) is 30.0 Å². The van der Waals surface area contributed by atoms with Crippen molar-refractivity contribution < 1.29 is 23.9 Å². The predicted molar refractivity (Wildman–Crippen MR) is 144 cm³/mol. The van der Waals surface area contributed by atoms with Gasteiger partial charge in [-0.05, 0) is 30.8 Å². The number of carbonyl (C=O) groups excluding carboxylic acids is 3. The minimum absolute atomic E-state index is 0.0306. The fourth-order valence-corrected chi connectivity index (χ4v) is 4.93. The number of ether oxygens (including phenoxy) is 2. The Hall–Kier alpha value is -4.82. The highest BCUT2D eigenvalue weighted by atomic mass is 16.5. The molecule has 1 amide bonds. The molecule has 2 heterocycles. The molecule has 1 saturated heterocycles. The first kappa shape index (κ1) is 27.2. The van der Waals surface area contributed by atoms with E-state index in [1.54, 1.807) is 42.5 Å². The number of likely N-dealkylation sites (N-methyl/N-ethyl adjacent to an activating group) is 1. The van der Waals surface area contributed by atoms with E-state index in [4.69, 9.17) is 20.9 Å². The van der Waals surface area contributed by atoms with Gasteiger partial charge in [0, 0.05) is 31.7 Å². The minimum atomic E-state index is -1.000. The molecule has 0 aliphatic carbocycles. The van der Waals surface area contributed by atoms with Gasteiger partial charge in [0.05, 0.1) is 48.7 Å². The molecule has 2 aliphatic rings. The van der Waals surface area contributed by atoms with Crippen molar-refractivity contribution in [3.8, 4) is 6.07 Å². The van der Waals surface area contributed by atoms with Crippen LogP contribution in [0.3, 0.4) is 0 Å². The Labute approximate surface area is 226 Å². The number of rotatable bonds is 6. The van der Waals surface area contributed by atoms with Gasteiger partial charge in [0.15, 0.2) is 0 Å². The summed E-state index contributed by atoms with van der Waals surface area (Å²) in [5.41, 5.74) is 13.6. The van der Waals surface area contributed by atoms with Crippen molar-refractivity contribution in [1.82, 2.24) is 4.90 Å². The number of hydrogen-bond acceptors (Lipinski definition) is 10. The molecule has 1 fully saturated rings. The van der Waals surface area contributed by atoms with Gasteiger partial charge in [-0.15, -0.1) is 0 Å². The number of allylic oxidation sites excluding steroid dienone is 1. The molecule has 0 spiro atoms. The van der Waals surface area contributed by atoms with Crippen LogP contribution in [0.15, 0.2) is 71.2 Å². The van der Waals surface area contributed by atoms with Crippen molar-refractivity contribution in [3.63, 3.8) is 0 Å². The third-order valence-corrected chi connectivity index (χ3v) is 6.96. The lowest BCUT2D eigenvalue weighted by Gasteiger charge is -2.40. The Balaban J connectivity index is 2.07. The van der Waals surface area contributed by atoms with E-state index in [1.165, 1.54) is 25.2 Å². The Morgan fingerprint density at radius 2 is 1.59 bits per heavy atom. The molecule has 1 atom stereocenters. The number of hydrogen-bond donors (Lipinski definition) is 2.